The molecule has 104 valence electrons. The molecule has 0 fully saturated rings. The molecule has 9 heteroatoms. The van der Waals surface area contributed by atoms with E-state index >= 15 is 0 Å². The average Bonchev–Trinajstić information content (AvgIpc) is 2.93. The second kappa shape index (κ2) is 5.11. The van der Waals surface area contributed by atoms with E-state index in [9.17, 15) is 8.42 Å². The van der Waals surface area contributed by atoms with Crippen LogP contribution in [0.2, 0.25) is 0 Å². The number of aromatic nitrogens is 4. The van der Waals surface area contributed by atoms with E-state index in [1.54, 1.807) is 31.0 Å². The minimum Gasteiger partial charge on any atom is -0.390 e. The van der Waals surface area contributed by atoms with Gasteiger partial charge in [-0.25, -0.2) is 13.1 Å². The fraction of sp³-hybridized carbons (Fsp3) is 0.400. The van der Waals surface area contributed by atoms with Gasteiger partial charge in [0, 0.05) is 25.4 Å². The van der Waals surface area contributed by atoms with E-state index in [4.69, 9.17) is 5.11 Å². The molecule has 2 aromatic rings. The first-order valence-corrected chi connectivity index (χ1v) is 7.04. The van der Waals surface area contributed by atoms with Crippen LogP contribution in [-0.4, -0.2) is 33.5 Å². The molecule has 8 nitrogen and oxygen atoms in total. The van der Waals surface area contributed by atoms with Gasteiger partial charge < -0.3 is 5.11 Å². The van der Waals surface area contributed by atoms with E-state index in [2.05, 4.69) is 20.0 Å². The van der Waals surface area contributed by atoms with Gasteiger partial charge in [-0.2, -0.15) is 10.2 Å². The molecular formula is C10H15N5O3S. The molecule has 19 heavy (non-hydrogen) atoms. The number of nitrogens with one attached hydrogen (secondary N) is 2. The van der Waals surface area contributed by atoms with E-state index < -0.39 is 16.6 Å². The number of aryl methyl sites for hydroxylation is 2. The molecule has 0 saturated carbocycles. The van der Waals surface area contributed by atoms with Crippen molar-refractivity contribution >= 4 is 10.0 Å². The highest BCUT2D eigenvalue weighted by molar-refractivity contribution is 7.89. The maximum atomic E-state index is 12.2. The Labute approximate surface area is 110 Å². The summed E-state index contributed by atoms with van der Waals surface area (Å²) in [5.74, 6) is 0. The lowest BCUT2D eigenvalue weighted by Gasteiger charge is -2.06. The van der Waals surface area contributed by atoms with Crippen molar-refractivity contribution in [3.05, 3.63) is 29.3 Å². The van der Waals surface area contributed by atoms with Crippen LogP contribution in [0.15, 0.2) is 17.3 Å². The molecule has 0 aliphatic heterocycles. The van der Waals surface area contributed by atoms with Gasteiger partial charge in [-0.15, -0.1) is 0 Å². The van der Waals surface area contributed by atoms with Crippen LogP contribution in [0.4, 0.5) is 0 Å². The molecule has 0 saturated heterocycles. The molecule has 0 bridgehead atoms. The van der Waals surface area contributed by atoms with Crippen LogP contribution in [-0.2, 0) is 30.2 Å². The summed E-state index contributed by atoms with van der Waals surface area (Å²) >= 11 is 0. The number of aromatic amines is 1. The van der Waals surface area contributed by atoms with Gasteiger partial charge in [-0.1, -0.05) is 0 Å². The summed E-state index contributed by atoms with van der Waals surface area (Å²) in [5.41, 5.74) is 1.25. The lowest BCUT2D eigenvalue weighted by Crippen LogP contribution is -2.24. The third-order valence-electron chi connectivity index (χ3n) is 2.60. The van der Waals surface area contributed by atoms with Crippen molar-refractivity contribution in [2.45, 2.75) is 25.0 Å². The number of sulfonamides is 1. The first-order chi connectivity index (χ1) is 8.94. The Balaban J connectivity index is 2.20. The van der Waals surface area contributed by atoms with Crippen LogP contribution in [0.3, 0.4) is 0 Å². The summed E-state index contributed by atoms with van der Waals surface area (Å²) in [6, 6.07) is 0. The van der Waals surface area contributed by atoms with Crippen LogP contribution in [0.5, 0.6) is 0 Å². The lowest BCUT2D eigenvalue weighted by molar-refractivity contribution is 0.273. The molecule has 0 spiro atoms. The van der Waals surface area contributed by atoms with Crippen LogP contribution >= 0.6 is 0 Å². The maximum absolute atomic E-state index is 12.2. The highest BCUT2D eigenvalue weighted by Crippen LogP contribution is 2.17. The highest BCUT2D eigenvalue weighted by Gasteiger charge is 2.23. The fourth-order valence-electron chi connectivity index (χ4n) is 1.75. The lowest BCUT2D eigenvalue weighted by atomic mass is 10.4. The summed E-state index contributed by atoms with van der Waals surface area (Å²) in [7, 11) is -1.97. The van der Waals surface area contributed by atoms with Gasteiger partial charge in [0.05, 0.1) is 18.5 Å². The monoisotopic (exact) mass is 285 g/mol. The second-order valence-electron chi connectivity index (χ2n) is 4.13. The van der Waals surface area contributed by atoms with Crippen molar-refractivity contribution in [1.29, 1.82) is 0 Å². The smallest absolute Gasteiger partial charge is 0.244 e. The third kappa shape index (κ3) is 2.83. The van der Waals surface area contributed by atoms with Gasteiger partial charge in [0.15, 0.2) is 0 Å². The standard InChI is InChI=1S/C10H15N5O3S/c1-7-10(9(6-16)14-13-7)19(17,18)12-4-8-3-11-15(2)5-8/h3,5,12,16H,4,6H2,1-2H3,(H,13,14). The predicted molar refractivity (Wildman–Crippen MR) is 66.5 cm³/mol. The molecule has 2 aromatic heterocycles. The largest absolute Gasteiger partial charge is 0.390 e. The number of hydrogen-bond acceptors (Lipinski definition) is 5. The molecule has 0 aromatic carbocycles. The topological polar surface area (TPSA) is 113 Å². The maximum Gasteiger partial charge on any atom is 0.244 e. The number of hydrogen-bond donors (Lipinski definition) is 3. The molecule has 0 amide bonds. The normalized spacial score (nSPS) is 11.9. The zero-order valence-electron chi connectivity index (χ0n) is 10.6. The first-order valence-electron chi connectivity index (χ1n) is 5.56. The summed E-state index contributed by atoms with van der Waals surface area (Å²) < 4.78 is 28.4. The molecule has 2 rings (SSSR count). The third-order valence-corrected chi connectivity index (χ3v) is 4.21. The molecule has 0 aliphatic rings. The predicted octanol–water partition coefficient (Wildman–Crippen LogP) is -0.578. The van der Waals surface area contributed by atoms with Crippen LogP contribution in [0.1, 0.15) is 17.0 Å². The van der Waals surface area contributed by atoms with Crippen LogP contribution < -0.4 is 4.72 Å². The number of rotatable bonds is 5. The molecule has 3 N–H and O–H groups in total. The highest BCUT2D eigenvalue weighted by atomic mass is 32.2. The average molecular weight is 285 g/mol. The van der Waals surface area contributed by atoms with Crippen LogP contribution in [0, 0.1) is 6.92 Å². The quantitative estimate of drug-likeness (QED) is 0.680. The number of aliphatic hydroxyl groups is 1. The van der Waals surface area contributed by atoms with Crippen molar-refractivity contribution in [3.8, 4) is 0 Å². The molecule has 0 unspecified atom stereocenters. The summed E-state index contributed by atoms with van der Waals surface area (Å²) in [6.07, 6.45) is 3.30. The van der Waals surface area contributed by atoms with Gasteiger partial charge in [0.2, 0.25) is 10.0 Å². The molecule has 2 heterocycles. The van der Waals surface area contributed by atoms with Gasteiger partial charge in [-0.05, 0) is 6.92 Å². The second-order valence-corrected chi connectivity index (χ2v) is 5.83. The Kier molecular flexibility index (Phi) is 3.69. The van der Waals surface area contributed by atoms with Crippen molar-refractivity contribution in [2.24, 2.45) is 7.05 Å². The number of H-pyrrole nitrogens is 1. The van der Waals surface area contributed by atoms with Crippen molar-refractivity contribution < 1.29 is 13.5 Å². The van der Waals surface area contributed by atoms with E-state index in [0.29, 0.717) is 5.69 Å². The zero-order chi connectivity index (χ0) is 14.0. The molecular weight excluding hydrogens is 270 g/mol. The van der Waals surface area contributed by atoms with Gasteiger partial charge in [0.1, 0.15) is 10.6 Å². The van der Waals surface area contributed by atoms with E-state index in [1.807, 2.05) is 0 Å². The SMILES string of the molecule is Cc1[nH]nc(CO)c1S(=O)(=O)NCc1cnn(C)c1. The van der Waals surface area contributed by atoms with Gasteiger partial charge in [-0.3, -0.25) is 9.78 Å². The summed E-state index contributed by atoms with van der Waals surface area (Å²) in [4.78, 5) is -0.00103. The van der Waals surface area contributed by atoms with E-state index in [0.717, 1.165) is 5.56 Å². The summed E-state index contributed by atoms with van der Waals surface area (Å²) in [5, 5.41) is 19.4. The Morgan fingerprint density at radius 1 is 1.53 bits per heavy atom. The van der Waals surface area contributed by atoms with Gasteiger partial charge >= 0.3 is 0 Å². The van der Waals surface area contributed by atoms with Crippen LogP contribution in [0.25, 0.3) is 0 Å². The minimum absolute atomic E-state index is 0.00103. The Hall–Kier alpha value is -1.71. The molecule has 0 aliphatic carbocycles. The zero-order valence-corrected chi connectivity index (χ0v) is 11.4. The fourth-order valence-corrected chi connectivity index (χ4v) is 3.12. The number of aliphatic hydroxyl groups excluding tert-OH is 1. The van der Waals surface area contributed by atoms with E-state index in [-0.39, 0.29) is 17.1 Å². The molecule has 0 atom stereocenters. The minimum atomic E-state index is -3.72. The van der Waals surface area contributed by atoms with E-state index in [1.165, 1.54) is 0 Å². The van der Waals surface area contributed by atoms with Crippen molar-refractivity contribution in [1.82, 2.24) is 24.7 Å². The van der Waals surface area contributed by atoms with Crippen molar-refractivity contribution in [2.75, 3.05) is 0 Å². The number of nitrogens with zero attached hydrogens (tertiary/aromatic N) is 3. The Morgan fingerprint density at radius 3 is 2.84 bits per heavy atom. The Morgan fingerprint density at radius 2 is 2.26 bits per heavy atom. The first kappa shape index (κ1) is 13.7. The van der Waals surface area contributed by atoms with Crippen molar-refractivity contribution in [3.63, 3.8) is 0 Å². The summed E-state index contributed by atoms with van der Waals surface area (Å²) in [6.45, 7) is 1.28. The van der Waals surface area contributed by atoms with Gasteiger partial charge in [0.25, 0.3) is 0 Å². The molecule has 0 radical (unpaired) electrons. The Bertz CT molecular complexity index is 673.